The average Bonchev–Trinajstić information content (AvgIpc) is 2.45. The zero-order valence-electron chi connectivity index (χ0n) is 11.9. The van der Waals surface area contributed by atoms with Crippen LogP contribution >= 0.6 is 7.60 Å². The van der Waals surface area contributed by atoms with Crippen LogP contribution < -0.4 is 0 Å². The normalized spacial score (nSPS) is 14.5. The lowest BCUT2D eigenvalue weighted by Gasteiger charge is -2.13. The fraction of sp³-hybridized carbons (Fsp3) is 0.308. The largest absolute Gasteiger partial charge is 0.354 e. The summed E-state index contributed by atoms with van der Waals surface area (Å²) in [6.07, 6.45) is 0. The van der Waals surface area contributed by atoms with E-state index in [-0.39, 0.29) is 23.4 Å². The highest BCUT2D eigenvalue weighted by atomic mass is 31.2. The third-order valence-electron chi connectivity index (χ3n) is 2.60. The number of carbonyl (C=O) groups is 1. The van der Waals surface area contributed by atoms with Crippen LogP contribution in [0.4, 0.5) is 5.69 Å². The summed E-state index contributed by atoms with van der Waals surface area (Å²) in [6.45, 7) is 3.05. The van der Waals surface area contributed by atoms with Crippen molar-refractivity contribution in [3.8, 4) is 0 Å². The first kappa shape index (κ1) is 17.2. The smallest absolute Gasteiger partial charge is 0.309 e. The van der Waals surface area contributed by atoms with Gasteiger partial charge in [0.25, 0.3) is 5.69 Å². The second-order valence-corrected chi connectivity index (χ2v) is 6.01. The maximum Gasteiger partial charge on any atom is 0.354 e. The van der Waals surface area contributed by atoms with Crippen molar-refractivity contribution in [2.75, 3.05) is 13.7 Å². The summed E-state index contributed by atoms with van der Waals surface area (Å²) >= 11 is 0. The minimum Gasteiger partial charge on any atom is -0.309 e. The molecule has 1 rings (SSSR count). The number of hydrogen-bond donors (Lipinski definition) is 0. The summed E-state index contributed by atoms with van der Waals surface area (Å²) in [7, 11) is -2.36. The molecule has 0 aliphatic rings. The maximum absolute atomic E-state index is 12.3. The number of nitro groups is 1. The molecule has 0 radical (unpaired) electrons. The highest BCUT2D eigenvalue weighted by molar-refractivity contribution is 7.57. The molecule has 0 aromatic heterocycles. The Bertz CT molecular complexity index is 625. The minimum absolute atomic E-state index is 0.0531. The van der Waals surface area contributed by atoms with Crippen molar-refractivity contribution in [3.05, 3.63) is 45.8 Å². The molecule has 0 aliphatic carbocycles. The summed E-state index contributed by atoms with van der Waals surface area (Å²) in [5.41, 5.74) is 0.175. The molecule has 0 fully saturated rings. The Hall–Kier alpha value is -1.82. The van der Waals surface area contributed by atoms with Crippen molar-refractivity contribution in [2.45, 2.75) is 13.8 Å². The van der Waals surface area contributed by atoms with Gasteiger partial charge in [0.1, 0.15) is 0 Å². The van der Waals surface area contributed by atoms with Gasteiger partial charge in [-0.1, -0.05) is 12.1 Å². The topological polar surface area (TPSA) is 95.7 Å². The molecule has 1 atom stereocenters. The minimum atomic E-state index is -3.57. The monoisotopic (exact) mass is 313 g/mol. The van der Waals surface area contributed by atoms with Crippen LogP contribution in [0.15, 0.2) is 30.1 Å². The Kier molecular flexibility index (Phi) is 5.96. The number of non-ortho nitro benzene ring substituents is 1. The molecule has 0 bridgehead atoms. The SMILES string of the molecule is CCOP(=O)(C=C(C(C)=O)c1cccc([N+](=O)[O-])c1)OC. The lowest BCUT2D eigenvalue weighted by molar-refractivity contribution is -0.384. The number of nitrogens with zero attached hydrogens (tertiary/aromatic N) is 1. The molecule has 0 saturated heterocycles. The number of nitro benzene ring substituents is 1. The zero-order chi connectivity index (χ0) is 16.0. The van der Waals surface area contributed by atoms with E-state index in [4.69, 9.17) is 9.05 Å². The molecule has 7 nitrogen and oxygen atoms in total. The molecule has 1 aromatic rings. The van der Waals surface area contributed by atoms with Gasteiger partial charge < -0.3 is 9.05 Å². The predicted molar refractivity (Wildman–Crippen MR) is 78.0 cm³/mol. The van der Waals surface area contributed by atoms with Gasteiger partial charge in [-0.2, -0.15) is 0 Å². The summed E-state index contributed by atoms with van der Waals surface area (Å²) in [5.74, 6) is 0.699. The first-order chi connectivity index (χ1) is 9.83. The Balaban J connectivity index is 3.37. The van der Waals surface area contributed by atoms with Crippen LogP contribution in [0.1, 0.15) is 19.4 Å². The number of Topliss-reactive ketones (excluding diaryl/α,β-unsaturated/α-hetero) is 1. The lowest BCUT2D eigenvalue weighted by atomic mass is 10.0. The van der Waals surface area contributed by atoms with Crippen LogP contribution in [0.5, 0.6) is 0 Å². The van der Waals surface area contributed by atoms with Crippen LogP contribution in [-0.4, -0.2) is 24.4 Å². The first-order valence-corrected chi connectivity index (χ1v) is 7.72. The standard InChI is InChI=1S/C13H16NO6P/c1-4-20-21(18,19-3)9-13(10(2)15)11-6-5-7-12(8-11)14(16)17/h5-9H,4H2,1-3H3. The summed E-state index contributed by atoms with van der Waals surface area (Å²) in [5, 5.41) is 10.8. The van der Waals surface area contributed by atoms with E-state index in [1.165, 1.54) is 38.3 Å². The number of allylic oxidation sites excluding steroid dienone is 1. The number of ketones is 1. The maximum atomic E-state index is 12.3. The van der Waals surface area contributed by atoms with E-state index in [1.54, 1.807) is 6.92 Å². The lowest BCUT2D eigenvalue weighted by Crippen LogP contribution is -1.99. The van der Waals surface area contributed by atoms with Crippen molar-refractivity contribution >= 4 is 24.6 Å². The zero-order valence-corrected chi connectivity index (χ0v) is 12.8. The number of carbonyl (C=O) groups excluding carboxylic acids is 1. The molecule has 0 saturated carbocycles. The molecule has 0 N–H and O–H groups in total. The fourth-order valence-corrected chi connectivity index (χ4v) is 2.93. The third kappa shape index (κ3) is 4.60. The van der Waals surface area contributed by atoms with Crippen LogP contribution in [0.2, 0.25) is 0 Å². The molecule has 0 aliphatic heterocycles. The predicted octanol–water partition coefficient (Wildman–Crippen LogP) is 3.40. The van der Waals surface area contributed by atoms with Crippen LogP contribution in [0, 0.1) is 10.1 Å². The molecule has 1 aromatic carbocycles. The molecular formula is C13H16NO6P. The van der Waals surface area contributed by atoms with Gasteiger partial charge in [0.2, 0.25) is 0 Å². The van der Waals surface area contributed by atoms with Gasteiger partial charge in [-0.25, -0.2) is 0 Å². The van der Waals surface area contributed by atoms with Gasteiger partial charge in [-0.3, -0.25) is 19.5 Å². The first-order valence-electron chi connectivity index (χ1n) is 6.11. The second kappa shape index (κ2) is 7.26. The Morgan fingerprint density at radius 2 is 2.14 bits per heavy atom. The van der Waals surface area contributed by atoms with Crippen molar-refractivity contribution in [1.29, 1.82) is 0 Å². The van der Waals surface area contributed by atoms with E-state index < -0.39 is 18.3 Å². The number of benzene rings is 1. The number of rotatable bonds is 7. The van der Waals surface area contributed by atoms with Gasteiger partial charge in [0.05, 0.1) is 11.5 Å². The van der Waals surface area contributed by atoms with Crippen LogP contribution in [-0.2, 0) is 18.4 Å². The molecule has 0 spiro atoms. The van der Waals surface area contributed by atoms with Crippen molar-refractivity contribution in [2.24, 2.45) is 0 Å². The van der Waals surface area contributed by atoms with Gasteiger partial charge in [-0.15, -0.1) is 0 Å². The fourth-order valence-electron chi connectivity index (χ4n) is 1.64. The molecular weight excluding hydrogens is 297 g/mol. The van der Waals surface area contributed by atoms with E-state index in [0.717, 1.165) is 5.82 Å². The highest BCUT2D eigenvalue weighted by Crippen LogP contribution is 2.51. The molecule has 8 heteroatoms. The summed E-state index contributed by atoms with van der Waals surface area (Å²) < 4.78 is 22.1. The highest BCUT2D eigenvalue weighted by Gasteiger charge is 2.23. The van der Waals surface area contributed by atoms with Gasteiger partial charge in [0, 0.05) is 30.6 Å². The molecule has 21 heavy (non-hydrogen) atoms. The molecule has 114 valence electrons. The van der Waals surface area contributed by atoms with Gasteiger partial charge in [-0.05, 0) is 19.4 Å². The van der Waals surface area contributed by atoms with Crippen molar-refractivity contribution < 1.29 is 23.3 Å². The second-order valence-electron chi connectivity index (χ2n) is 4.05. The molecule has 0 amide bonds. The molecule has 0 heterocycles. The van der Waals surface area contributed by atoms with Gasteiger partial charge in [0.15, 0.2) is 5.78 Å². The Morgan fingerprint density at radius 1 is 1.48 bits per heavy atom. The Morgan fingerprint density at radius 3 is 2.62 bits per heavy atom. The van der Waals surface area contributed by atoms with E-state index in [2.05, 4.69) is 0 Å². The Labute approximate surface area is 122 Å². The van der Waals surface area contributed by atoms with Gasteiger partial charge >= 0.3 is 7.60 Å². The average molecular weight is 313 g/mol. The van der Waals surface area contributed by atoms with Crippen LogP contribution in [0.3, 0.4) is 0 Å². The third-order valence-corrected chi connectivity index (χ3v) is 4.30. The van der Waals surface area contributed by atoms with E-state index >= 15 is 0 Å². The summed E-state index contributed by atoms with van der Waals surface area (Å²) in [4.78, 5) is 22.0. The van der Waals surface area contributed by atoms with E-state index in [1.807, 2.05) is 0 Å². The van der Waals surface area contributed by atoms with Crippen molar-refractivity contribution in [3.63, 3.8) is 0 Å². The summed E-state index contributed by atoms with van der Waals surface area (Å²) in [6, 6.07) is 5.51. The van der Waals surface area contributed by atoms with Crippen molar-refractivity contribution in [1.82, 2.24) is 0 Å². The van der Waals surface area contributed by atoms with E-state index in [0.29, 0.717) is 0 Å². The van der Waals surface area contributed by atoms with E-state index in [9.17, 15) is 19.5 Å². The molecule has 1 unspecified atom stereocenters. The number of hydrogen-bond acceptors (Lipinski definition) is 6. The quantitative estimate of drug-likeness (QED) is 0.331. The van der Waals surface area contributed by atoms with Crippen LogP contribution in [0.25, 0.3) is 5.57 Å².